The number of nitrogens with zero attached hydrogens (tertiary/aromatic N) is 2. The maximum absolute atomic E-state index is 12.5. The van der Waals surface area contributed by atoms with E-state index in [9.17, 15) is 4.79 Å². The Morgan fingerprint density at radius 3 is 3.10 bits per heavy atom. The largest absolute Gasteiger partial charge is 0.377 e. The van der Waals surface area contributed by atoms with Gasteiger partial charge in [0.15, 0.2) is 5.82 Å². The number of hydrogen-bond acceptors (Lipinski definition) is 6. The van der Waals surface area contributed by atoms with E-state index >= 15 is 0 Å². The predicted molar refractivity (Wildman–Crippen MR) is 69.6 cm³/mol. The van der Waals surface area contributed by atoms with Crippen molar-refractivity contribution in [1.29, 1.82) is 0 Å². The molecule has 0 aromatic carbocycles. The number of amides is 1. The number of nitrogens with two attached hydrogens (primary N) is 1. The number of aromatic nitrogens is 2. The Balaban J connectivity index is 1.61. The van der Waals surface area contributed by atoms with Crippen molar-refractivity contribution in [3.63, 3.8) is 0 Å². The highest BCUT2D eigenvalue weighted by Gasteiger charge is 2.71. The molecule has 1 saturated carbocycles. The Bertz CT molecular complexity index is 502. The molecule has 1 aliphatic carbocycles. The van der Waals surface area contributed by atoms with Gasteiger partial charge in [-0.1, -0.05) is 19.0 Å². The summed E-state index contributed by atoms with van der Waals surface area (Å²) in [5.74, 6) is 0.576. The summed E-state index contributed by atoms with van der Waals surface area (Å²) in [5, 5.41) is 6.59. The molecular formula is C13H20N4O3. The van der Waals surface area contributed by atoms with E-state index in [-0.39, 0.29) is 23.3 Å². The van der Waals surface area contributed by atoms with E-state index in [0.29, 0.717) is 25.4 Å². The number of nitrogens with one attached hydrogen (secondary N) is 1. The molecule has 7 heteroatoms. The first kappa shape index (κ1) is 13.5. The van der Waals surface area contributed by atoms with Crippen molar-refractivity contribution in [2.75, 3.05) is 13.2 Å². The van der Waals surface area contributed by atoms with Crippen LogP contribution in [0.5, 0.6) is 0 Å². The molecule has 1 aromatic heterocycles. The zero-order chi connectivity index (χ0) is 14.4. The van der Waals surface area contributed by atoms with Gasteiger partial charge in [-0.15, -0.1) is 0 Å². The first-order valence-corrected chi connectivity index (χ1v) is 6.92. The van der Waals surface area contributed by atoms with Gasteiger partial charge in [0.2, 0.25) is 12.3 Å². The number of rotatable bonds is 4. The van der Waals surface area contributed by atoms with Crippen LogP contribution in [0, 0.1) is 11.3 Å². The molecule has 0 spiro atoms. The second-order valence-corrected chi connectivity index (χ2v) is 6.13. The first-order chi connectivity index (χ1) is 9.48. The molecule has 2 aliphatic rings. The van der Waals surface area contributed by atoms with Crippen molar-refractivity contribution >= 4 is 5.91 Å². The molecule has 3 rings (SSSR count). The number of carbonyl (C=O) groups excluding carboxylic acids is 1. The van der Waals surface area contributed by atoms with E-state index in [1.54, 1.807) is 0 Å². The Kier molecular flexibility index (Phi) is 3.06. The molecule has 3 atom stereocenters. The molecule has 1 aromatic rings. The molecule has 2 heterocycles. The number of ether oxygens (including phenoxy) is 1. The standard InChI is InChI=1S/C13H20N4O3/c1-12(2)10-8(4-6-19-10)13(12,14)11(18)15-5-3-9-16-7-20-17-9/h7-8,10H,3-6,14H2,1-2H3,(H,15,18). The van der Waals surface area contributed by atoms with E-state index in [1.165, 1.54) is 6.39 Å². The average molecular weight is 280 g/mol. The van der Waals surface area contributed by atoms with Gasteiger partial charge in [-0.3, -0.25) is 4.79 Å². The van der Waals surface area contributed by atoms with Crippen LogP contribution in [-0.2, 0) is 16.0 Å². The van der Waals surface area contributed by atoms with Crippen LogP contribution >= 0.6 is 0 Å². The Morgan fingerprint density at radius 2 is 2.40 bits per heavy atom. The molecule has 20 heavy (non-hydrogen) atoms. The smallest absolute Gasteiger partial charge is 0.241 e. The molecule has 110 valence electrons. The van der Waals surface area contributed by atoms with Crippen LogP contribution in [0.15, 0.2) is 10.9 Å². The Morgan fingerprint density at radius 1 is 1.60 bits per heavy atom. The third kappa shape index (κ3) is 1.69. The fraction of sp³-hybridized carbons (Fsp3) is 0.769. The molecule has 2 fully saturated rings. The fourth-order valence-electron chi connectivity index (χ4n) is 3.58. The van der Waals surface area contributed by atoms with Crippen molar-refractivity contribution in [1.82, 2.24) is 15.5 Å². The van der Waals surface area contributed by atoms with Gasteiger partial charge < -0.3 is 20.3 Å². The summed E-state index contributed by atoms with van der Waals surface area (Å²) >= 11 is 0. The van der Waals surface area contributed by atoms with Crippen LogP contribution < -0.4 is 11.1 Å². The van der Waals surface area contributed by atoms with E-state index in [2.05, 4.69) is 20.0 Å². The number of fused-ring (bicyclic) bond motifs is 1. The minimum absolute atomic E-state index is 0.0930. The van der Waals surface area contributed by atoms with E-state index in [0.717, 1.165) is 6.42 Å². The molecule has 0 bridgehead atoms. The van der Waals surface area contributed by atoms with Crippen molar-refractivity contribution in [2.24, 2.45) is 17.1 Å². The minimum atomic E-state index is -0.856. The third-order valence-electron chi connectivity index (χ3n) is 4.87. The van der Waals surface area contributed by atoms with Crippen LogP contribution in [0.3, 0.4) is 0 Å². The topological polar surface area (TPSA) is 103 Å². The van der Waals surface area contributed by atoms with Crippen molar-refractivity contribution in [3.8, 4) is 0 Å². The summed E-state index contributed by atoms with van der Waals surface area (Å²) in [6, 6.07) is 0. The van der Waals surface area contributed by atoms with Crippen molar-refractivity contribution in [3.05, 3.63) is 12.2 Å². The molecule has 7 nitrogen and oxygen atoms in total. The predicted octanol–water partition coefficient (Wildman–Crippen LogP) is -0.129. The second kappa shape index (κ2) is 4.53. The van der Waals surface area contributed by atoms with Gasteiger partial charge in [0.05, 0.1) is 6.10 Å². The van der Waals surface area contributed by atoms with Gasteiger partial charge in [-0.25, -0.2) is 0 Å². The molecule has 1 aliphatic heterocycles. The second-order valence-electron chi connectivity index (χ2n) is 6.13. The third-order valence-corrected chi connectivity index (χ3v) is 4.87. The highest BCUT2D eigenvalue weighted by molar-refractivity contribution is 5.89. The zero-order valence-corrected chi connectivity index (χ0v) is 11.8. The van der Waals surface area contributed by atoms with E-state index in [1.807, 2.05) is 13.8 Å². The highest BCUT2D eigenvalue weighted by atomic mass is 16.5. The Labute approximate surface area is 117 Å². The van der Waals surface area contributed by atoms with Gasteiger partial charge >= 0.3 is 0 Å². The van der Waals surface area contributed by atoms with Gasteiger partial charge in [0.1, 0.15) is 5.54 Å². The number of hydrogen-bond donors (Lipinski definition) is 2. The monoisotopic (exact) mass is 280 g/mol. The molecular weight excluding hydrogens is 260 g/mol. The van der Waals surface area contributed by atoms with Gasteiger partial charge in [0, 0.05) is 30.9 Å². The minimum Gasteiger partial charge on any atom is -0.377 e. The van der Waals surface area contributed by atoms with E-state index in [4.69, 9.17) is 10.5 Å². The zero-order valence-electron chi connectivity index (χ0n) is 11.8. The highest BCUT2D eigenvalue weighted by Crippen LogP contribution is 2.58. The molecule has 3 N–H and O–H groups in total. The molecule has 1 amide bonds. The number of carbonyl (C=O) groups is 1. The van der Waals surface area contributed by atoms with Crippen LogP contribution in [0.4, 0.5) is 0 Å². The summed E-state index contributed by atoms with van der Waals surface area (Å²) in [5.41, 5.74) is 5.23. The SMILES string of the molecule is CC1(C)C2OCCC2C1(N)C(=O)NCCc1ncon1. The van der Waals surface area contributed by atoms with Crippen LogP contribution in [0.25, 0.3) is 0 Å². The lowest BCUT2D eigenvalue weighted by molar-refractivity contribution is -0.175. The normalized spacial score (nSPS) is 34.4. The van der Waals surface area contributed by atoms with Crippen LogP contribution in [0.1, 0.15) is 26.1 Å². The van der Waals surface area contributed by atoms with Gasteiger partial charge in [0.25, 0.3) is 0 Å². The lowest BCUT2D eigenvalue weighted by Crippen LogP contribution is -2.80. The summed E-state index contributed by atoms with van der Waals surface area (Å²) in [7, 11) is 0. The quantitative estimate of drug-likeness (QED) is 0.796. The summed E-state index contributed by atoms with van der Waals surface area (Å²) in [6.07, 6.45) is 2.75. The van der Waals surface area contributed by atoms with Crippen LogP contribution in [0.2, 0.25) is 0 Å². The first-order valence-electron chi connectivity index (χ1n) is 6.92. The maximum atomic E-state index is 12.5. The van der Waals surface area contributed by atoms with Gasteiger partial charge in [-0.05, 0) is 6.42 Å². The van der Waals surface area contributed by atoms with Gasteiger partial charge in [-0.2, -0.15) is 4.98 Å². The lowest BCUT2D eigenvalue weighted by Gasteiger charge is -2.60. The summed E-state index contributed by atoms with van der Waals surface area (Å²) < 4.78 is 10.3. The average Bonchev–Trinajstić information content (AvgIpc) is 3.07. The van der Waals surface area contributed by atoms with Crippen LogP contribution in [-0.4, -0.2) is 40.8 Å². The van der Waals surface area contributed by atoms with E-state index < -0.39 is 5.54 Å². The lowest BCUT2D eigenvalue weighted by atomic mass is 9.48. The summed E-state index contributed by atoms with van der Waals surface area (Å²) in [4.78, 5) is 16.4. The maximum Gasteiger partial charge on any atom is 0.241 e. The Hall–Kier alpha value is -1.47. The van der Waals surface area contributed by atoms with Crippen molar-refractivity contribution in [2.45, 2.75) is 38.3 Å². The fourth-order valence-corrected chi connectivity index (χ4v) is 3.58. The molecule has 0 radical (unpaired) electrons. The molecule has 3 unspecified atom stereocenters. The van der Waals surface area contributed by atoms with Crippen molar-refractivity contribution < 1.29 is 14.1 Å². The molecule has 1 saturated heterocycles. The summed E-state index contributed by atoms with van der Waals surface area (Å²) in [6.45, 7) is 5.13.